The van der Waals surface area contributed by atoms with E-state index in [0.29, 0.717) is 25.3 Å². The van der Waals surface area contributed by atoms with Crippen molar-refractivity contribution in [1.82, 2.24) is 14.7 Å². The third-order valence-corrected chi connectivity index (χ3v) is 3.68. The highest BCUT2D eigenvalue weighted by Gasteiger charge is 2.36. The molecule has 1 aliphatic rings. The monoisotopic (exact) mass is 295 g/mol. The van der Waals surface area contributed by atoms with Crippen LogP contribution in [-0.4, -0.2) is 57.1 Å². The fourth-order valence-corrected chi connectivity index (χ4v) is 2.76. The molecule has 1 aliphatic heterocycles. The third-order valence-electron chi connectivity index (χ3n) is 3.68. The number of aromatic nitrogens is 2. The molecule has 21 heavy (non-hydrogen) atoms. The topological polar surface area (TPSA) is 67.6 Å². The van der Waals surface area contributed by atoms with Gasteiger partial charge in [-0.3, -0.25) is 9.48 Å². The van der Waals surface area contributed by atoms with Gasteiger partial charge in [-0.05, 0) is 33.3 Å². The normalized spacial score (nSPS) is 21.6. The van der Waals surface area contributed by atoms with E-state index in [2.05, 4.69) is 5.10 Å². The van der Waals surface area contributed by atoms with Crippen LogP contribution in [0.4, 0.5) is 0 Å². The molecular weight excluding hydrogens is 270 g/mol. The number of amides is 1. The second kappa shape index (κ2) is 6.15. The standard InChI is InChI=1S/C15H25N3O3/c1-5-11-7-13(18(6-2)16-11)14(20)17-8-12(9-19)21-15(3,4)10-17/h7,12,19H,5-6,8-10H2,1-4H3. The summed E-state index contributed by atoms with van der Waals surface area (Å²) in [5.41, 5.74) is 1.08. The summed E-state index contributed by atoms with van der Waals surface area (Å²) in [6.07, 6.45) is 0.475. The Balaban J connectivity index is 2.24. The lowest BCUT2D eigenvalue weighted by molar-refractivity contribution is -0.139. The van der Waals surface area contributed by atoms with Crippen LogP contribution in [0.2, 0.25) is 0 Å². The minimum absolute atomic E-state index is 0.0427. The highest BCUT2D eigenvalue weighted by Crippen LogP contribution is 2.22. The molecule has 2 rings (SSSR count). The van der Waals surface area contributed by atoms with Crippen LogP contribution in [-0.2, 0) is 17.7 Å². The molecule has 1 atom stereocenters. The summed E-state index contributed by atoms with van der Waals surface area (Å²) in [5, 5.41) is 13.8. The van der Waals surface area contributed by atoms with Gasteiger partial charge in [0.15, 0.2) is 0 Å². The number of ether oxygens (including phenoxy) is 1. The molecule has 0 aliphatic carbocycles. The first-order chi connectivity index (χ1) is 9.90. The number of aryl methyl sites for hydroxylation is 2. The smallest absolute Gasteiger partial charge is 0.272 e. The summed E-state index contributed by atoms with van der Waals surface area (Å²) in [7, 11) is 0. The van der Waals surface area contributed by atoms with Gasteiger partial charge in [-0.15, -0.1) is 0 Å². The second-order valence-corrected chi connectivity index (χ2v) is 6.06. The number of rotatable bonds is 4. The number of hydrogen-bond acceptors (Lipinski definition) is 4. The van der Waals surface area contributed by atoms with Gasteiger partial charge in [0.05, 0.1) is 24.0 Å². The van der Waals surface area contributed by atoms with E-state index in [1.54, 1.807) is 9.58 Å². The Morgan fingerprint density at radius 1 is 1.52 bits per heavy atom. The number of carbonyl (C=O) groups is 1. The molecule has 1 amide bonds. The molecule has 0 spiro atoms. The van der Waals surface area contributed by atoms with Gasteiger partial charge in [-0.25, -0.2) is 0 Å². The van der Waals surface area contributed by atoms with Crippen molar-refractivity contribution >= 4 is 5.91 Å². The van der Waals surface area contributed by atoms with Gasteiger partial charge in [-0.2, -0.15) is 5.10 Å². The molecule has 0 bridgehead atoms. The minimum Gasteiger partial charge on any atom is -0.394 e. The van der Waals surface area contributed by atoms with Crippen LogP contribution in [0.5, 0.6) is 0 Å². The number of aliphatic hydroxyl groups is 1. The maximum absolute atomic E-state index is 12.8. The van der Waals surface area contributed by atoms with Gasteiger partial charge < -0.3 is 14.7 Å². The van der Waals surface area contributed by atoms with Gasteiger partial charge >= 0.3 is 0 Å². The van der Waals surface area contributed by atoms with Crippen LogP contribution in [0, 0.1) is 0 Å². The predicted molar refractivity (Wildman–Crippen MR) is 79.2 cm³/mol. The van der Waals surface area contributed by atoms with Crippen molar-refractivity contribution in [3.63, 3.8) is 0 Å². The molecule has 0 radical (unpaired) electrons. The maximum Gasteiger partial charge on any atom is 0.272 e. The van der Waals surface area contributed by atoms with E-state index < -0.39 is 5.60 Å². The number of carbonyl (C=O) groups excluding carboxylic acids is 1. The average Bonchev–Trinajstić information content (AvgIpc) is 2.87. The minimum atomic E-state index is -0.452. The fraction of sp³-hybridized carbons (Fsp3) is 0.733. The van der Waals surface area contributed by atoms with Crippen LogP contribution in [0.25, 0.3) is 0 Å². The van der Waals surface area contributed by atoms with Crippen molar-refractivity contribution in [2.45, 2.75) is 52.4 Å². The van der Waals surface area contributed by atoms with Gasteiger partial charge in [0.1, 0.15) is 5.69 Å². The van der Waals surface area contributed by atoms with Crippen molar-refractivity contribution in [3.05, 3.63) is 17.5 Å². The first-order valence-corrected chi connectivity index (χ1v) is 7.54. The lowest BCUT2D eigenvalue weighted by atomic mass is 10.0. The Kier molecular flexibility index (Phi) is 4.68. The number of nitrogens with zero attached hydrogens (tertiary/aromatic N) is 3. The van der Waals surface area contributed by atoms with Gasteiger partial charge in [0, 0.05) is 19.6 Å². The lowest BCUT2D eigenvalue weighted by Crippen LogP contribution is -2.55. The summed E-state index contributed by atoms with van der Waals surface area (Å²) in [4.78, 5) is 14.5. The zero-order valence-corrected chi connectivity index (χ0v) is 13.3. The molecular formula is C15H25N3O3. The van der Waals surface area contributed by atoms with E-state index in [9.17, 15) is 9.90 Å². The van der Waals surface area contributed by atoms with E-state index >= 15 is 0 Å². The van der Waals surface area contributed by atoms with Crippen molar-refractivity contribution < 1.29 is 14.6 Å². The molecule has 118 valence electrons. The molecule has 0 saturated carbocycles. The van der Waals surface area contributed by atoms with Crippen molar-refractivity contribution in [1.29, 1.82) is 0 Å². The molecule has 1 aromatic rings. The molecule has 2 heterocycles. The highest BCUT2D eigenvalue weighted by molar-refractivity contribution is 5.93. The molecule has 0 aromatic carbocycles. The zero-order chi connectivity index (χ0) is 15.6. The molecule has 1 unspecified atom stereocenters. The summed E-state index contributed by atoms with van der Waals surface area (Å²) in [5.74, 6) is -0.0427. The Morgan fingerprint density at radius 3 is 2.81 bits per heavy atom. The Hall–Kier alpha value is -1.40. The number of aliphatic hydroxyl groups excluding tert-OH is 1. The highest BCUT2D eigenvalue weighted by atomic mass is 16.5. The van der Waals surface area contributed by atoms with Crippen molar-refractivity contribution in [2.24, 2.45) is 0 Å². The van der Waals surface area contributed by atoms with E-state index in [-0.39, 0.29) is 18.6 Å². The summed E-state index contributed by atoms with van der Waals surface area (Å²) in [6.45, 7) is 9.37. The van der Waals surface area contributed by atoms with Gasteiger partial charge in [0.25, 0.3) is 5.91 Å². The van der Waals surface area contributed by atoms with E-state index in [1.165, 1.54) is 0 Å². The van der Waals surface area contributed by atoms with Crippen LogP contribution < -0.4 is 0 Å². The first kappa shape index (κ1) is 16.0. The number of morpholine rings is 1. The third kappa shape index (κ3) is 3.44. The molecule has 1 aromatic heterocycles. The van der Waals surface area contributed by atoms with Crippen LogP contribution in [0.1, 0.15) is 43.9 Å². The maximum atomic E-state index is 12.8. The van der Waals surface area contributed by atoms with Crippen molar-refractivity contribution in [2.75, 3.05) is 19.7 Å². The zero-order valence-electron chi connectivity index (χ0n) is 13.3. The number of hydrogen-bond donors (Lipinski definition) is 1. The summed E-state index contributed by atoms with van der Waals surface area (Å²) < 4.78 is 7.50. The van der Waals surface area contributed by atoms with Crippen LogP contribution in [0.3, 0.4) is 0 Å². The van der Waals surface area contributed by atoms with E-state index in [0.717, 1.165) is 12.1 Å². The quantitative estimate of drug-likeness (QED) is 0.902. The SMILES string of the molecule is CCc1cc(C(=O)N2CC(CO)OC(C)(C)C2)n(CC)n1. The molecule has 1 N–H and O–H groups in total. The van der Waals surface area contributed by atoms with Gasteiger partial charge in [-0.1, -0.05) is 6.92 Å². The van der Waals surface area contributed by atoms with Crippen LogP contribution in [0.15, 0.2) is 6.07 Å². The summed E-state index contributed by atoms with van der Waals surface area (Å²) >= 11 is 0. The lowest BCUT2D eigenvalue weighted by Gasteiger charge is -2.42. The van der Waals surface area contributed by atoms with Gasteiger partial charge in [0.2, 0.25) is 0 Å². The molecule has 1 saturated heterocycles. The summed E-state index contributed by atoms with van der Waals surface area (Å²) in [6, 6.07) is 1.86. The van der Waals surface area contributed by atoms with Crippen molar-refractivity contribution in [3.8, 4) is 0 Å². The fourth-order valence-electron chi connectivity index (χ4n) is 2.76. The molecule has 1 fully saturated rings. The van der Waals surface area contributed by atoms with Crippen LogP contribution >= 0.6 is 0 Å². The Labute approximate surface area is 125 Å². The van der Waals surface area contributed by atoms with E-state index in [1.807, 2.05) is 33.8 Å². The predicted octanol–water partition coefficient (Wildman–Crippen LogP) is 1.08. The molecule has 6 nitrogen and oxygen atoms in total. The Bertz CT molecular complexity index is 510. The molecule has 6 heteroatoms. The average molecular weight is 295 g/mol. The largest absolute Gasteiger partial charge is 0.394 e. The van der Waals surface area contributed by atoms with E-state index in [4.69, 9.17) is 4.74 Å². The Morgan fingerprint density at radius 2 is 2.24 bits per heavy atom. The first-order valence-electron chi connectivity index (χ1n) is 7.54. The second-order valence-electron chi connectivity index (χ2n) is 6.06.